The maximum atomic E-state index is 9.47. The molecule has 3 atom stereocenters. The third-order valence-electron chi connectivity index (χ3n) is 5.72. The van der Waals surface area contributed by atoms with Crippen molar-refractivity contribution in [1.82, 2.24) is 9.80 Å². The summed E-state index contributed by atoms with van der Waals surface area (Å²) >= 11 is 0. The van der Waals surface area contributed by atoms with Crippen LogP contribution < -0.4 is 0 Å². The highest BCUT2D eigenvalue weighted by atomic mass is 15.3. The van der Waals surface area contributed by atoms with Crippen molar-refractivity contribution in [2.75, 3.05) is 26.2 Å². The Labute approximate surface area is 123 Å². The van der Waals surface area contributed by atoms with Gasteiger partial charge in [0.2, 0.25) is 0 Å². The zero-order valence-corrected chi connectivity index (χ0v) is 12.8. The van der Waals surface area contributed by atoms with E-state index in [1.54, 1.807) is 0 Å². The Morgan fingerprint density at radius 2 is 1.50 bits per heavy atom. The lowest BCUT2D eigenvalue weighted by atomic mass is 9.95. The average Bonchev–Trinajstić information content (AvgIpc) is 2.87. The van der Waals surface area contributed by atoms with E-state index in [0.29, 0.717) is 6.04 Å². The van der Waals surface area contributed by atoms with Gasteiger partial charge in [0, 0.05) is 25.2 Å². The van der Waals surface area contributed by atoms with E-state index in [1.807, 2.05) is 0 Å². The molecule has 0 amide bonds. The Balaban J connectivity index is 1.59. The lowest BCUT2D eigenvalue weighted by molar-refractivity contribution is 0.139. The molecule has 2 aliphatic heterocycles. The second-order valence-corrected chi connectivity index (χ2v) is 6.98. The summed E-state index contributed by atoms with van der Waals surface area (Å²) in [4.78, 5) is 5.39. The molecule has 3 rings (SSSR count). The van der Waals surface area contributed by atoms with E-state index in [2.05, 4.69) is 15.9 Å². The van der Waals surface area contributed by atoms with Crippen LogP contribution in [0.1, 0.15) is 57.8 Å². The topological polar surface area (TPSA) is 30.3 Å². The van der Waals surface area contributed by atoms with Crippen molar-refractivity contribution >= 4 is 0 Å². The van der Waals surface area contributed by atoms with Crippen molar-refractivity contribution in [3.05, 3.63) is 0 Å². The summed E-state index contributed by atoms with van der Waals surface area (Å²) in [5.74, 6) is 0.289. The molecule has 0 spiro atoms. The molecule has 0 N–H and O–H groups in total. The first kappa shape index (κ1) is 14.4. The highest BCUT2D eigenvalue weighted by molar-refractivity contribution is 4.98. The number of nitriles is 1. The SMILES string of the molecule is N#CC1CCCCCC1N1CCC(N2CCCCC2)C1. The fourth-order valence-corrected chi connectivity index (χ4v) is 4.53. The first-order valence-electron chi connectivity index (χ1n) is 8.76. The molecule has 1 aliphatic carbocycles. The van der Waals surface area contributed by atoms with Crippen molar-refractivity contribution in [3.8, 4) is 6.07 Å². The highest BCUT2D eigenvalue weighted by Gasteiger charge is 2.35. The quantitative estimate of drug-likeness (QED) is 0.726. The normalized spacial score (nSPS) is 37.5. The van der Waals surface area contributed by atoms with Crippen molar-refractivity contribution in [2.24, 2.45) is 5.92 Å². The largest absolute Gasteiger partial charge is 0.299 e. The summed E-state index contributed by atoms with van der Waals surface area (Å²) in [6, 6.07) is 3.94. The van der Waals surface area contributed by atoms with E-state index in [4.69, 9.17) is 0 Å². The van der Waals surface area contributed by atoms with Gasteiger partial charge in [-0.05, 0) is 45.2 Å². The summed E-state index contributed by atoms with van der Waals surface area (Å²) in [5.41, 5.74) is 0. The lowest BCUT2D eigenvalue weighted by Gasteiger charge is -2.34. The van der Waals surface area contributed by atoms with E-state index < -0.39 is 0 Å². The standard InChI is InChI=1S/C17H29N3/c18-13-15-7-3-1-4-8-17(15)20-12-9-16(14-20)19-10-5-2-6-11-19/h15-17H,1-12,14H2. The van der Waals surface area contributed by atoms with Crippen LogP contribution in [0.25, 0.3) is 0 Å². The fourth-order valence-electron chi connectivity index (χ4n) is 4.53. The van der Waals surface area contributed by atoms with Gasteiger partial charge in [-0.3, -0.25) is 9.80 Å². The van der Waals surface area contributed by atoms with E-state index in [1.165, 1.54) is 77.5 Å². The van der Waals surface area contributed by atoms with Gasteiger partial charge in [-0.25, -0.2) is 0 Å². The summed E-state index contributed by atoms with van der Waals surface area (Å²) < 4.78 is 0. The number of piperidine rings is 1. The summed E-state index contributed by atoms with van der Waals surface area (Å²) in [7, 11) is 0. The van der Waals surface area contributed by atoms with Gasteiger partial charge in [0.05, 0.1) is 12.0 Å². The maximum absolute atomic E-state index is 9.47. The Bertz CT molecular complexity index is 343. The smallest absolute Gasteiger partial charge is 0.0672 e. The van der Waals surface area contributed by atoms with Gasteiger partial charge in [-0.1, -0.05) is 25.7 Å². The second kappa shape index (κ2) is 6.91. The van der Waals surface area contributed by atoms with E-state index in [-0.39, 0.29) is 5.92 Å². The van der Waals surface area contributed by atoms with Gasteiger partial charge >= 0.3 is 0 Å². The molecule has 112 valence electrons. The molecule has 20 heavy (non-hydrogen) atoms. The zero-order chi connectivity index (χ0) is 13.8. The van der Waals surface area contributed by atoms with Crippen molar-refractivity contribution in [3.63, 3.8) is 0 Å². The van der Waals surface area contributed by atoms with Crippen molar-refractivity contribution < 1.29 is 0 Å². The molecule has 2 saturated heterocycles. The molecule has 3 heteroatoms. The minimum absolute atomic E-state index is 0.289. The Morgan fingerprint density at radius 3 is 2.30 bits per heavy atom. The molecule has 0 aromatic rings. The number of hydrogen-bond donors (Lipinski definition) is 0. The second-order valence-electron chi connectivity index (χ2n) is 6.98. The summed E-state index contributed by atoms with van der Waals surface area (Å²) in [6.07, 6.45) is 11.8. The third-order valence-corrected chi connectivity index (χ3v) is 5.72. The van der Waals surface area contributed by atoms with Gasteiger partial charge in [-0.2, -0.15) is 5.26 Å². The Morgan fingerprint density at radius 1 is 0.750 bits per heavy atom. The van der Waals surface area contributed by atoms with Gasteiger partial charge in [0.25, 0.3) is 0 Å². The average molecular weight is 275 g/mol. The van der Waals surface area contributed by atoms with Crippen LogP contribution in [0.5, 0.6) is 0 Å². The van der Waals surface area contributed by atoms with Gasteiger partial charge in [-0.15, -0.1) is 0 Å². The fraction of sp³-hybridized carbons (Fsp3) is 0.941. The van der Waals surface area contributed by atoms with Gasteiger partial charge < -0.3 is 0 Å². The minimum atomic E-state index is 0.289. The number of likely N-dealkylation sites (tertiary alicyclic amines) is 2. The van der Waals surface area contributed by atoms with Gasteiger partial charge in [0.1, 0.15) is 0 Å². The number of hydrogen-bond acceptors (Lipinski definition) is 3. The molecule has 0 radical (unpaired) electrons. The molecular weight excluding hydrogens is 246 g/mol. The molecule has 0 bridgehead atoms. The van der Waals surface area contributed by atoms with Crippen LogP contribution in [0.2, 0.25) is 0 Å². The van der Waals surface area contributed by atoms with Crippen LogP contribution >= 0.6 is 0 Å². The lowest BCUT2D eigenvalue weighted by Crippen LogP contribution is -2.44. The molecule has 1 saturated carbocycles. The van der Waals surface area contributed by atoms with Crippen LogP contribution in [0, 0.1) is 17.2 Å². The molecule has 3 aliphatic rings. The van der Waals surface area contributed by atoms with Gasteiger partial charge in [0.15, 0.2) is 0 Å². The van der Waals surface area contributed by atoms with Crippen molar-refractivity contribution in [1.29, 1.82) is 5.26 Å². The zero-order valence-electron chi connectivity index (χ0n) is 12.8. The van der Waals surface area contributed by atoms with Crippen LogP contribution in [-0.4, -0.2) is 48.1 Å². The summed E-state index contributed by atoms with van der Waals surface area (Å²) in [6.45, 7) is 5.07. The number of rotatable bonds is 2. The van der Waals surface area contributed by atoms with Crippen LogP contribution in [0.15, 0.2) is 0 Å². The first-order chi connectivity index (χ1) is 9.88. The maximum Gasteiger partial charge on any atom is 0.0672 e. The van der Waals surface area contributed by atoms with Crippen LogP contribution in [-0.2, 0) is 0 Å². The molecule has 0 aromatic heterocycles. The van der Waals surface area contributed by atoms with Crippen LogP contribution in [0.4, 0.5) is 0 Å². The molecular formula is C17H29N3. The van der Waals surface area contributed by atoms with E-state index in [0.717, 1.165) is 12.5 Å². The monoisotopic (exact) mass is 275 g/mol. The van der Waals surface area contributed by atoms with Crippen molar-refractivity contribution in [2.45, 2.75) is 69.9 Å². The number of nitrogens with zero attached hydrogens (tertiary/aromatic N) is 3. The van der Waals surface area contributed by atoms with E-state index >= 15 is 0 Å². The Kier molecular flexibility index (Phi) is 4.96. The molecule has 3 fully saturated rings. The first-order valence-corrected chi connectivity index (χ1v) is 8.76. The Hall–Kier alpha value is -0.590. The third kappa shape index (κ3) is 3.18. The molecule has 3 unspecified atom stereocenters. The predicted octanol–water partition coefficient (Wildman–Crippen LogP) is 3.02. The van der Waals surface area contributed by atoms with Crippen LogP contribution in [0.3, 0.4) is 0 Å². The van der Waals surface area contributed by atoms with E-state index in [9.17, 15) is 5.26 Å². The molecule has 3 nitrogen and oxygen atoms in total. The minimum Gasteiger partial charge on any atom is -0.299 e. The highest BCUT2D eigenvalue weighted by Crippen LogP contribution is 2.31. The molecule has 0 aromatic carbocycles. The summed E-state index contributed by atoms with van der Waals surface area (Å²) in [5, 5.41) is 9.47. The molecule has 2 heterocycles. The predicted molar refractivity (Wildman–Crippen MR) is 81.4 cm³/mol.